The van der Waals surface area contributed by atoms with E-state index in [9.17, 15) is 13.2 Å². The van der Waals surface area contributed by atoms with Crippen LogP contribution in [-0.4, -0.2) is 38.3 Å². The standard InChI is InChI=1S/C21H26N2O4S/c1-2-21(24)22-18-10-12-20(13-11-18)28(25,26)23-14-6-7-17(15-23)16-27-19-8-4-3-5-9-19/h3-5,8-13,17H,2,6-7,14-16H2,1H3,(H,22,24). The number of carbonyl (C=O) groups excluding carboxylic acids is 1. The van der Waals surface area contributed by atoms with Gasteiger partial charge < -0.3 is 10.1 Å². The number of amides is 1. The number of carbonyl (C=O) groups is 1. The summed E-state index contributed by atoms with van der Waals surface area (Å²) in [5, 5.41) is 2.73. The maximum atomic E-state index is 13.0. The molecule has 1 heterocycles. The van der Waals surface area contributed by atoms with E-state index in [4.69, 9.17) is 4.74 Å². The number of hydrogen-bond donors (Lipinski definition) is 1. The van der Waals surface area contributed by atoms with Crippen LogP contribution in [0.1, 0.15) is 26.2 Å². The summed E-state index contributed by atoms with van der Waals surface area (Å²) in [6, 6.07) is 15.9. The molecule has 0 bridgehead atoms. The zero-order chi connectivity index (χ0) is 20.0. The average Bonchev–Trinajstić information content (AvgIpc) is 2.73. The van der Waals surface area contributed by atoms with Gasteiger partial charge in [0, 0.05) is 31.1 Å². The SMILES string of the molecule is CCC(=O)Nc1ccc(S(=O)(=O)N2CCCC(COc3ccccc3)C2)cc1. The number of hydrogen-bond acceptors (Lipinski definition) is 4. The molecule has 1 atom stereocenters. The van der Waals surface area contributed by atoms with Crippen LogP contribution in [0.25, 0.3) is 0 Å². The Hall–Kier alpha value is -2.38. The monoisotopic (exact) mass is 402 g/mol. The van der Waals surface area contributed by atoms with Crippen molar-refractivity contribution in [2.75, 3.05) is 25.0 Å². The fraction of sp³-hybridized carbons (Fsp3) is 0.381. The van der Waals surface area contributed by atoms with E-state index in [1.54, 1.807) is 31.2 Å². The van der Waals surface area contributed by atoms with Crippen LogP contribution in [-0.2, 0) is 14.8 Å². The van der Waals surface area contributed by atoms with Crippen molar-refractivity contribution in [2.45, 2.75) is 31.1 Å². The third-order valence-electron chi connectivity index (χ3n) is 4.81. The molecule has 6 nitrogen and oxygen atoms in total. The third-order valence-corrected chi connectivity index (χ3v) is 6.69. The predicted molar refractivity (Wildman–Crippen MR) is 109 cm³/mol. The fourth-order valence-corrected chi connectivity index (χ4v) is 4.78. The number of anilines is 1. The molecule has 1 aliphatic rings. The van der Waals surface area contributed by atoms with E-state index in [2.05, 4.69) is 5.32 Å². The summed E-state index contributed by atoms with van der Waals surface area (Å²) < 4.78 is 33.3. The Balaban J connectivity index is 1.63. The number of para-hydroxylation sites is 1. The molecule has 1 aliphatic heterocycles. The van der Waals surface area contributed by atoms with Gasteiger partial charge in [0.1, 0.15) is 5.75 Å². The van der Waals surface area contributed by atoms with Crippen LogP contribution in [0.4, 0.5) is 5.69 Å². The molecular formula is C21H26N2O4S. The van der Waals surface area contributed by atoms with E-state index in [-0.39, 0.29) is 16.7 Å². The van der Waals surface area contributed by atoms with Crippen molar-refractivity contribution in [3.63, 3.8) is 0 Å². The molecule has 150 valence electrons. The van der Waals surface area contributed by atoms with Crippen molar-refractivity contribution in [2.24, 2.45) is 5.92 Å². The van der Waals surface area contributed by atoms with Crippen molar-refractivity contribution >= 4 is 21.6 Å². The minimum absolute atomic E-state index is 0.104. The molecule has 1 amide bonds. The number of rotatable bonds is 7. The van der Waals surface area contributed by atoms with Crippen LogP contribution in [0.15, 0.2) is 59.5 Å². The zero-order valence-corrected chi connectivity index (χ0v) is 16.8. The summed E-state index contributed by atoms with van der Waals surface area (Å²) in [4.78, 5) is 11.7. The maximum Gasteiger partial charge on any atom is 0.243 e. The van der Waals surface area contributed by atoms with Crippen LogP contribution >= 0.6 is 0 Å². The van der Waals surface area contributed by atoms with Gasteiger partial charge in [0.15, 0.2) is 0 Å². The minimum Gasteiger partial charge on any atom is -0.493 e. The highest BCUT2D eigenvalue weighted by molar-refractivity contribution is 7.89. The molecule has 1 unspecified atom stereocenters. The first-order valence-corrected chi connectivity index (χ1v) is 11.0. The number of ether oxygens (including phenoxy) is 1. The molecule has 0 aromatic heterocycles. The molecule has 0 saturated carbocycles. The second-order valence-corrected chi connectivity index (χ2v) is 8.86. The summed E-state index contributed by atoms with van der Waals surface area (Å²) in [5.74, 6) is 0.854. The first-order valence-electron chi connectivity index (χ1n) is 9.57. The summed E-state index contributed by atoms with van der Waals surface area (Å²) in [5.41, 5.74) is 0.596. The molecule has 7 heteroatoms. The molecule has 1 fully saturated rings. The second-order valence-electron chi connectivity index (χ2n) is 6.92. The highest BCUT2D eigenvalue weighted by Gasteiger charge is 2.30. The van der Waals surface area contributed by atoms with Gasteiger partial charge in [0.25, 0.3) is 0 Å². The summed E-state index contributed by atoms with van der Waals surface area (Å²) in [6.07, 6.45) is 2.13. The molecule has 2 aromatic carbocycles. The Morgan fingerprint density at radius 3 is 2.54 bits per heavy atom. The van der Waals surface area contributed by atoms with Crippen molar-refractivity contribution in [3.05, 3.63) is 54.6 Å². The molecule has 2 aromatic rings. The van der Waals surface area contributed by atoms with Gasteiger partial charge in [0.2, 0.25) is 15.9 Å². The third kappa shape index (κ3) is 5.11. The van der Waals surface area contributed by atoms with E-state index >= 15 is 0 Å². The molecule has 0 radical (unpaired) electrons. The number of nitrogens with zero attached hydrogens (tertiary/aromatic N) is 1. The van der Waals surface area contributed by atoms with Crippen molar-refractivity contribution in [1.82, 2.24) is 4.31 Å². The van der Waals surface area contributed by atoms with E-state index in [1.165, 1.54) is 4.31 Å². The molecule has 0 spiro atoms. The first kappa shape index (κ1) is 20.4. The average molecular weight is 403 g/mol. The number of sulfonamides is 1. The summed E-state index contributed by atoms with van der Waals surface area (Å²) in [6.45, 7) is 3.22. The largest absolute Gasteiger partial charge is 0.493 e. The Morgan fingerprint density at radius 2 is 1.86 bits per heavy atom. The smallest absolute Gasteiger partial charge is 0.243 e. The topological polar surface area (TPSA) is 75.7 Å². The quantitative estimate of drug-likeness (QED) is 0.769. The van der Waals surface area contributed by atoms with Gasteiger partial charge in [-0.25, -0.2) is 8.42 Å². The zero-order valence-electron chi connectivity index (χ0n) is 16.0. The van der Waals surface area contributed by atoms with Gasteiger partial charge in [-0.05, 0) is 49.2 Å². The summed E-state index contributed by atoms with van der Waals surface area (Å²) in [7, 11) is -3.56. The van der Waals surface area contributed by atoms with Gasteiger partial charge in [0.05, 0.1) is 11.5 Å². The van der Waals surface area contributed by atoms with Crippen LogP contribution in [0, 0.1) is 5.92 Å². The second kappa shape index (κ2) is 9.21. The van der Waals surface area contributed by atoms with E-state index in [1.807, 2.05) is 30.3 Å². The van der Waals surface area contributed by atoms with Crippen LogP contribution in [0.5, 0.6) is 5.75 Å². The lowest BCUT2D eigenvalue weighted by Crippen LogP contribution is -2.41. The Kier molecular flexibility index (Phi) is 6.70. The lowest BCUT2D eigenvalue weighted by atomic mass is 10.0. The molecule has 1 saturated heterocycles. The van der Waals surface area contributed by atoms with Gasteiger partial charge in [-0.1, -0.05) is 25.1 Å². The van der Waals surface area contributed by atoms with Gasteiger partial charge in [-0.3, -0.25) is 4.79 Å². The van der Waals surface area contributed by atoms with Gasteiger partial charge in [-0.2, -0.15) is 4.31 Å². The fourth-order valence-electron chi connectivity index (χ4n) is 3.22. The van der Waals surface area contributed by atoms with Crippen LogP contribution in [0.2, 0.25) is 0 Å². The molecule has 0 aliphatic carbocycles. The number of piperidine rings is 1. The maximum absolute atomic E-state index is 13.0. The molecular weight excluding hydrogens is 376 g/mol. The highest BCUT2D eigenvalue weighted by atomic mass is 32.2. The highest BCUT2D eigenvalue weighted by Crippen LogP contribution is 2.25. The number of benzene rings is 2. The number of nitrogens with one attached hydrogen (secondary N) is 1. The Morgan fingerprint density at radius 1 is 1.14 bits per heavy atom. The lowest BCUT2D eigenvalue weighted by Gasteiger charge is -2.31. The van der Waals surface area contributed by atoms with Gasteiger partial charge in [-0.15, -0.1) is 0 Å². The lowest BCUT2D eigenvalue weighted by molar-refractivity contribution is -0.115. The normalized spacial score (nSPS) is 17.8. The predicted octanol–water partition coefficient (Wildman–Crippen LogP) is 3.51. The van der Waals surface area contributed by atoms with Crippen LogP contribution < -0.4 is 10.1 Å². The Labute approximate surface area is 166 Å². The molecule has 28 heavy (non-hydrogen) atoms. The first-order chi connectivity index (χ1) is 13.5. The van der Waals surface area contributed by atoms with E-state index in [0.717, 1.165) is 18.6 Å². The van der Waals surface area contributed by atoms with Crippen molar-refractivity contribution < 1.29 is 17.9 Å². The van der Waals surface area contributed by atoms with E-state index < -0.39 is 10.0 Å². The van der Waals surface area contributed by atoms with Crippen LogP contribution in [0.3, 0.4) is 0 Å². The molecule has 1 N–H and O–H groups in total. The molecule has 3 rings (SSSR count). The minimum atomic E-state index is -3.56. The van der Waals surface area contributed by atoms with Gasteiger partial charge >= 0.3 is 0 Å². The van der Waals surface area contributed by atoms with Crippen molar-refractivity contribution in [1.29, 1.82) is 0 Å². The Bertz CT molecular complexity index is 882. The van der Waals surface area contributed by atoms with Crippen molar-refractivity contribution in [3.8, 4) is 5.75 Å². The summed E-state index contributed by atoms with van der Waals surface area (Å²) >= 11 is 0. The van der Waals surface area contributed by atoms with E-state index in [0.29, 0.717) is 31.8 Å².